The van der Waals surface area contributed by atoms with E-state index in [9.17, 15) is 4.79 Å². The van der Waals surface area contributed by atoms with Crippen molar-refractivity contribution in [1.82, 2.24) is 9.80 Å². The van der Waals surface area contributed by atoms with Gasteiger partial charge in [0.2, 0.25) is 5.91 Å². The van der Waals surface area contributed by atoms with Gasteiger partial charge in [0.1, 0.15) is 0 Å². The molecule has 1 saturated heterocycles. The van der Waals surface area contributed by atoms with Crippen LogP contribution in [0.3, 0.4) is 0 Å². The van der Waals surface area contributed by atoms with Crippen LogP contribution in [-0.2, 0) is 4.79 Å². The number of piperidine rings is 1. The molecule has 1 fully saturated rings. The Morgan fingerprint density at radius 2 is 2.24 bits per heavy atom. The molecule has 0 aromatic heterocycles. The number of carbonyl (C=O) groups excluding carboxylic acids is 1. The van der Waals surface area contributed by atoms with E-state index in [1.807, 2.05) is 0 Å². The molecule has 17 heavy (non-hydrogen) atoms. The average Bonchev–Trinajstić information content (AvgIpc) is 2.25. The Hall–Kier alpha value is -0.650. The van der Waals surface area contributed by atoms with Crippen LogP contribution in [0.1, 0.15) is 26.2 Å². The molecule has 1 amide bonds. The number of hydrogen-bond donors (Lipinski definition) is 2. The van der Waals surface area contributed by atoms with Gasteiger partial charge in [0.25, 0.3) is 0 Å². The van der Waals surface area contributed by atoms with Gasteiger partial charge >= 0.3 is 0 Å². The van der Waals surface area contributed by atoms with Crippen molar-refractivity contribution in [2.75, 3.05) is 33.7 Å². The summed E-state index contributed by atoms with van der Waals surface area (Å²) >= 11 is 0. The van der Waals surface area contributed by atoms with Gasteiger partial charge in [0.05, 0.1) is 5.54 Å². The predicted molar refractivity (Wildman–Crippen MR) is 69.6 cm³/mol. The molecule has 0 radical (unpaired) electrons. The summed E-state index contributed by atoms with van der Waals surface area (Å²) < 4.78 is 0. The van der Waals surface area contributed by atoms with Crippen molar-refractivity contribution in [3.63, 3.8) is 0 Å². The molecule has 1 heterocycles. The minimum absolute atomic E-state index is 0.424. The third kappa shape index (κ3) is 4.26. The molecule has 5 heteroatoms. The number of carbonyl (C=O) groups is 1. The molecule has 2 atom stereocenters. The summed E-state index contributed by atoms with van der Waals surface area (Å²) in [5.41, 5.74) is 10.2. The highest BCUT2D eigenvalue weighted by molar-refractivity contribution is 5.83. The lowest BCUT2D eigenvalue weighted by atomic mass is 9.97. The van der Waals surface area contributed by atoms with Crippen LogP contribution in [0.4, 0.5) is 0 Å². The zero-order valence-electron chi connectivity index (χ0n) is 11.3. The van der Waals surface area contributed by atoms with E-state index in [0.717, 1.165) is 13.1 Å². The normalized spacial score (nSPS) is 25.8. The van der Waals surface area contributed by atoms with Gasteiger partial charge in [0, 0.05) is 19.1 Å². The van der Waals surface area contributed by atoms with Crippen LogP contribution in [-0.4, -0.2) is 61.0 Å². The van der Waals surface area contributed by atoms with Gasteiger partial charge < -0.3 is 21.3 Å². The summed E-state index contributed by atoms with van der Waals surface area (Å²) in [5, 5.41) is 0. The first-order valence-corrected chi connectivity index (χ1v) is 6.30. The molecule has 0 aromatic rings. The highest BCUT2D eigenvalue weighted by Gasteiger charge is 2.27. The third-order valence-corrected chi connectivity index (χ3v) is 3.77. The van der Waals surface area contributed by atoms with Gasteiger partial charge in [0.15, 0.2) is 0 Å². The molecule has 2 unspecified atom stereocenters. The van der Waals surface area contributed by atoms with E-state index in [1.54, 1.807) is 6.92 Å². The van der Waals surface area contributed by atoms with Crippen molar-refractivity contribution >= 4 is 5.91 Å². The van der Waals surface area contributed by atoms with Gasteiger partial charge in [-0.25, -0.2) is 0 Å². The van der Waals surface area contributed by atoms with Gasteiger partial charge in [-0.2, -0.15) is 0 Å². The van der Waals surface area contributed by atoms with Crippen LogP contribution < -0.4 is 11.5 Å². The number of likely N-dealkylation sites (N-methyl/N-ethyl adjacent to an activating group) is 2. The molecule has 1 rings (SSSR count). The highest BCUT2D eigenvalue weighted by atomic mass is 16.1. The average molecular weight is 242 g/mol. The van der Waals surface area contributed by atoms with Crippen LogP contribution in [0.15, 0.2) is 0 Å². The number of amides is 1. The second-order valence-corrected chi connectivity index (χ2v) is 5.57. The minimum atomic E-state index is -0.894. The summed E-state index contributed by atoms with van der Waals surface area (Å²) in [7, 11) is 4.25. The predicted octanol–water partition coefficient (Wildman–Crippen LogP) is -0.395. The lowest BCUT2D eigenvalue weighted by molar-refractivity contribution is -0.122. The van der Waals surface area contributed by atoms with Gasteiger partial charge in [-0.05, 0) is 46.8 Å². The lowest BCUT2D eigenvalue weighted by Gasteiger charge is -2.36. The maximum Gasteiger partial charge on any atom is 0.237 e. The summed E-state index contributed by atoms with van der Waals surface area (Å²) in [6, 6.07) is 0.567. The second-order valence-electron chi connectivity index (χ2n) is 5.57. The Morgan fingerprint density at radius 1 is 1.59 bits per heavy atom. The van der Waals surface area contributed by atoms with Crippen molar-refractivity contribution in [3.8, 4) is 0 Å². The summed E-state index contributed by atoms with van der Waals surface area (Å²) in [6.07, 6.45) is 3.07. The largest absolute Gasteiger partial charge is 0.368 e. The van der Waals surface area contributed by atoms with E-state index in [0.29, 0.717) is 12.5 Å². The number of nitrogens with two attached hydrogens (primary N) is 2. The molecule has 0 saturated carbocycles. The molecule has 1 aliphatic heterocycles. The fourth-order valence-corrected chi connectivity index (χ4v) is 2.21. The Bertz CT molecular complexity index is 267. The number of nitrogens with zero attached hydrogens (tertiary/aromatic N) is 2. The fraction of sp³-hybridized carbons (Fsp3) is 0.917. The smallest absolute Gasteiger partial charge is 0.237 e. The molecule has 0 aliphatic carbocycles. The SMILES string of the molecule is CN1CCCC(N(C)CCC(C)(N)C(N)=O)C1. The van der Waals surface area contributed by atoms with Crippen LogP contribution in [0, 0.1) is 0 Å². The van der Waals surface area contributed by atoms with Crippen molar-refractivity contribution in [2.24, 2.45) is 11.5 Å². The number of rotatable bonds is 5. The Labute approximate surface area is 104 Å². The molecule has 0 bridgehead atoms. The third-order valence-electron chi connectivity index (χ3n) is 3.77. The maximum absolute atomic E-state index is 11.1. The van der Waals surface area contributed by atoms with Crippen LogP contribution in [0.2, 0.25) is 0 Å². The standard InChI is InChI=1S/C12H26N4O/c1-12(14,11(13)17)6-8-16(3)10-5-4-7-15(2)9-10/h10H,4-9,14H2,1-3H3,(H2,13,17). The van der Waals surface area contributed by atoms with E-state index >= 15 is 0 Å². The monoisotopic (exact) mass is 242 g/mol. The van der Waals surface area contributed by atoms with Gasteiger partial charge in [-0.3, -0.25) is 4.79 Å². The van der Waals surface area contributed by atoms with E-state index < -0.39 is 11.4 Å². The van der Waals surface area contributed by atoms with E-state index in [4.69, 9.17) is 11.5 Å². The van der Waals surface area contributed by atoms with Gasteiger partial charge in [-0.1, -0.05) is 0 Å². The quantitative estimate of drug-likeness (QED) is 0.688. The van der Waals surface area contributed by atoms with E-state index in [1.165, 1.54) is 19.4 Å². The van der Waals surface area contributed by atoms with Crippen LogP contribution in [0.25, 0.3) is 0 Å². The molecule has 1 aliphatic rings. The second kappa shape index (κ2) is 5.80. The fourth-order valence-electron chi connectivity index (χ4n) is 2.21. The molecule has 100 valence electrons. The maximum atomic E-state index is 11.1. The topological polar surface area (TPSA) is 75.6 Å². The van der Waals surface area contributed by atoms with Crippen molar-refractivity contribution < 1.29 is 4.79 Å². The molecular formula is C12H26N4O. The zero-order valence-corrected chi connectivity index (χ0v) is 11.3. The molecule has 0 aromatic carbocycles. The number of hydrogen-bond acceptors (Lipinski definition) is 4. The zero-order chi connectivity index (χ0) is 13.1. The van der Waals surface area contributed by atoms with E-state index in [2.05, 4.69) is 23.9 Å². The van der Waals surface area contributed by atoms with Crippen LogP contribution >= 0.6 is 0 Å². The van der Waals surface area contributed by atoms with Crippen LogP contribution in [0.5, 0.6) is 0 Å². The molecule has 5 nitrogen and oxygen atoms in total. The summed E-state index contributed by atoms with van der Waals surface area (Å²) in [6.45, 7) is 4.79. The Kier molecular flexibility index (Phi) is 4.91. The minimum Gasteiger partial charge on any atom is -0.368 e. The number of likely N-dealkylation sites (tertiary alicyclic amines) is 1. The Balaban J connectivity index is 2.38. The molecular weight excluding hydrogens is 216 g/mol. The first-order valence-electron chi connectivity index (χ1n) is 6.30. The molecule has 4 N–H and O–H groups in total. The first-order chi connectivity index (χ1) is 7.83. The Morgan fingerprint density at radius 3 is 2.76 bits per heavy atom. The molecule has 0 spiro atoms. The first kappa shape index (κ1) is 14.4. The van der Waals surface area contributed by atoms with E-state index in [-0.39, 0.29) is 0 Å². The number of primary amides is 1. The van der Waals surface area contributed by atoms with Gasteiger partial charge in [-0.15, -0.1) is 0 Å². The lowest BCUT2D eigenvalue weighted by Crippen LogP contribution is -2.52. The van der Waals surface area contributed by atoms with Crippen molar-refractivity contribution in [3.05, 3.63) is 0 Å². The summed E-state index contributed by atoms with van der Waals surface area (Å²) in [4.78, 5) is 15.8. The summed E-state index contributed by atoms with van der Waals surface area (Å²) in [5.74, 6) is -0.424. The van der Waals surface area contributed by atoms with Crippen molar-refractivity contribution in [1.29, 1.82) is 0 Å². The van der Waals surface area contributed by atoms with Crippen molar-refractivity contribution in [2.45, 2.75) is 37.8 Å². The highest BCUT2D eigenvalue weighted by Crippen LogP contribution is 2.15.